The molecule has 3 rings (SSSR count). The normalized spacial score (nSPS) is 14.1. The van der Waals surface area contributed by atoms with E-state index in [0.717, 1.165) is 24.2 Å². The van der Waals surface area contributed by atoms with Gasteiger partial charge in [0.2, 0.25) is 0 Å². The summed E-state index contributed by atoms with van der Waals surface area (Å²) in [5.41, 5.74) is 4.27. The van der Waals surface area contributed by atoms with E-state index < -0.39 is 17.4 Å². The molecule has 1 heterocycles. The van der Waals surface area contributed by atoms with E-state index >= 15 is 0 Å². The van der Waals surface area contributed by atoms with Crippen molar-refractivity contribution in [3.8, 4) is 0 Å². The van der Waals surface area contributed by atoms with E-state index in [1.54, 1.807) is 0 Å². The number of para-hydroxylation sites is 1. The Morgan fingerprint density at radius 1 is 1.03 bits per heavy atom. The Morgan fingerprint density at radius 3 is 2.33 bits per heavy atom. The van der Waals surface area contributed by atoms with E-state index in [2.05, 4.69) is 62.9 Å². The van der Waals surface area contributed by atoms with E-state index in [-0.39, 0.29) is 6.04 Å². The number of rotatable bonds is 5. The molecule has 0 saturated heterocycles. The molecule has 1 atom stereocenters. The summed E-state index contributed by atoms with van der Waals surface area (Å²) < 4.78 is 0. The lowest BCUT2D eigenvalue weighted by atomic mass is 10.0. The number of carbonyl (C=O) groups is 2. The van der Waals surface area contributed by atoms with Gasteiger partial charge in [-0.2, -0.15) is 0 Å². The number of benzene rings is 2. The number of nitrogens with one attached hydrogen (secondary N) is 2. The smallest absolute Gasteiger partial charge is 0.309 e. The zero-order valence-corrected chi connectivity index (χ0v) is 18.5. The number of anilines is 2. The van der Waals surface area contributed by atoms with Gasteiger partial charge in [-0.05, 0) is 56.5 Å². The summed E-state index contributed by atoms with van der Waals surface area (Å²) in [6.07, 6.45) is 0.973. The number of amides is 2. The molecule has 2 amide bonds. The minimum Gasteiger partial charge on any atom is -0.378 e. The van der Waals surface area contributed by atoms with Crippen LogP contribution >= 0.6 is 0 Å². The summed E-state index contributed by atoms with van der Waals surface area (Å²) in [5.74, 6) is -1.21. The third kappa shape index (κ3) is 5.12. The van der Waals surface area contributed by atoms with Crippen LogP contribution in [0.4, 0.5) is 11.4 Å². The number of nitrogens with zero attached hydrogens (tertiary/aromatic N) is 2. The molecule has 2 aromatic rings. The molecule has 160 valence electrons. The van der Waals surface area contributed by atoms with Gasteiger partial charge in [0.25, 0.3) is 0 Å². The molecule has 2 aromatic carbocycles. The van der Waals surface area contributed by atoms with Crippen LogP contribution in [0.3, 0.4) is 0 Å². The zero-order valence-electron chi connectivity index (χ0n) is 18.5. The van der Waals surface area contributed by atoms with Crippen LogP contribution in [0.1, 0.15) is 37.9 Å². The van der Waals surface area contributed by atoms with Crippen molar-refractivity contribution >= 4 is 23.2 Å². The Kier molecular flexibility index (Phi) is 6.34. The van der Waals surface area contributed by atoms with Gasteiger partial charge in [0.05, 0.1) is 6.04 Å². The first kappa shape index (κ1) is 21.7. The van der Waals surface area contributed by atoms with Crippen LogP contribution in [0.5, 0.6) is 0 Å². The van der Waals surface area contributed by atoms with Crippen molar-refractivity contribution in [2.75, 3.05) is 37.0 Å². The summed E-state index contributed by atoms with van der Waals surface area (Å²) in [7, 11) is 4.02. The van der Waals surface area contributed by atoms with Crippen LogP contribution < -0.4 is 20.4 Å². The molecule has 0 radical (unpaired) electrons. The summed E-state index contributed by atoms with van der Waals surface area (Å²) in [6, 6.07) is 16.7. The van der Waals surface area contributed by atoms with Crippen LogP contribution in [0.25, 0.3) is 0 Å². The summed E-state index contributed by atoms with van der Waals surface area (Å²) in [6.45, 7) is 6.80. The van der Waals surface area contributed by atoms with Crippen molar-refractivity contribution < 1.29 is 9.59 Å². The molecular weight excluding hydrogens is 376 g/mol. The maximum absolute atomic E-state index is 12.4. The average molecular weight is 409 g/mol. The molecule has 6 nitrogen and oxygen atoms in total. The lowest BCUT2D eigenvalue weighted by molar-refractivity contribution is -0.140. The van der Waals surface area contributed by atoms with Gasteiger partial charge in [-0.3, -0.25) is 9.59 Å². The summed E-state index contributed by atoms with van der Waals surface area (Å²) >= 11 is 0. The van der Waals surface area contributed by atoms with Crippen molar-refractivity contribution in [2.24, 2.45) is 0 Å². The maximum Gasteiger partial charge on any atom is 0.309 e. The van der Waals surface area contributed by atoms with Crippen LogP contribution in [0.2, 0.25) is 0 Å². The fraction of sp³-hybridized carbons (Fsp3) is 0.417. The van der Waals surface area contributed by atoms with Gasteiger partial charge >= 0.3 is 11.8 Å². The van der Waals surface area contributed by atoms with Crippen LogP contribution in [-0.2, 0) is 16.0 Å². The second-order valence-electron chi connectivity index (χ2n) is 8.99. The molecule has 0 bridgehead atoms. The fourth-order valence-corrected chi connectivity index (χ4v) is 3.76. The number of hydrogen-bond acceptors (Lipinski definition) is 4. The Bertz CT molecular complexity index is 900. The van der Waals surface area contributed by atoms with E-state index in [1.165, 1.54) is 11.3 Å². The number of hydrogen-bond donors (Lipinski definition) is 2. The molecular formula is C24H32N4O2. The van der Waals surface area contributed by atoms with Crippen molar-refractivity contribution in [3.05, 3.63) is 59.7 Å². The van der Waals surface area contributed by atoms with Gasteiger partial charge < -0.3 is 20.4 Å². The molecule has 1 aliphatic rings. The van der Waals surface area contributed by atoms with Gasteiger partial charge in [-0.25, -0.2) is 0 Å². The molecule has 0 spiro atoms. The standard InChI is InChI=1S/C24H32N4O2/c1-24(2,3)26-23(30)22(29)25-16-21(18-10-12-19(13-11-18)27(4)5)28-15-14-17-8-6-7-9-20(17)28/h6-13,21H,14-16H2,1-5H3,(H,25,29)(H,26,30)/t21-/m1/s1. The zero-order chi connectivity index (χ0) is 21.9. The van der Waals surface area contributed by atoms with E-state index in [0.29, 0.717) is 6.54 Å². The predicted octanol–water partition coefficient (Wildman–Crippen LogP) is 2.89. The molecule has 6 heteroatoms. The van der Waals surface area contributed by atoms with Gasteiger partial charge in [0.15, 0.2) is 0 Å². The highest BCUT2D eigenvalue weighted by atomic mass is 16.2. The number of carbonyl (C=O) groups excluding carboxylic acids is 2. The van der Waals surface area contributed by atoms with Crippen LogP contribution in [-0.4, -0.2) is 44.5 Å². The SMILES string of the molecule is CN(C)c1ccc([C@@H](CNC(=O)C(=O)NC(C)(C)C)N2CCc3ccccc32)cc1. The molecule has 0 unspecified atom stereocenters. The quantitative estimate of drug-likeness (QED) is 0.747. The second kappa shape index (κ2) is 8.78. The lowest BCUT2D eigenvalue weighted by Crippen LogP contribution is -2.49. The minimum absolute atomic E-state index is 0.0590. The monoisotopic (exact) mass is 408 g/mol. The maximum atomic E-state index is 12.4. The minimum atomic E-state index is -0.606. The molecule has 0 aliphatic carbocycles. The summed E-state index contributed by atoms with van der Waals surface area (Å²) in [5, 5.41) is 5.56. The Labute approximate surface area is 179 Å². The molecule has 0 fully saturated rings. The predicted molar refractivity (Wildman–Crippen MR) is 122 cm³/mol. The Hall–Kier alpha value is -3.02. The van der Waals surface area contributed by atoms with Gasteiger partial charge in [0, 0.05) is 44.1 Å². The first-order chi connectivity index (χ1) is 14.2. The lowest BCUT2D eigenvalue weighted by Gasteiger charge is -2.31. The average Bonchev–Trinajstić information content (AvgIpc) is 3.11. The number of fused-ring (bicyclic) bond motifs is 1. The molecule has 30 heavy (non-hydrogen) atoms. The van der Waals surface area contributed by atoms with E-state index in [4.69, 9.17) is 0 Å². The summed E-state index contributed by atoms with van der Waals surface area (Å²) in [4.78, 5) is 29.0. The topological polar surface area (TPSA) is 64.7 Å². The van der Waals surface area contributed by atoms with Gasteiger partial charge in [-0.15, -0.1) is 0 Å². The first-order valence-corrected chi connectivity index (χ1v) is 10.4. The third-order valence-electron chi connectivity index (χ3n) is 5.24. The molecule has 0 saturated carbocycles. The molecule has 1 aliphatic heterocycles. The fourth-order valence-electron chi connectivity index (χ4n) is 3.76. The highest BCUT2D eigenvalue weighted by Crippen LogP contribution is 2.35. The van der Waals surface area contributed by atoms with E-state index in [9.17, 15) is 9.59 Å². The van der Waals surface area contributed by atoms with Crippen LogP contribution in [0, 0.1) is 0 Å². The van der Waals surface area contributed by atoms with Crippen LogP contribution in [0.15, 0.2) is 48.5 Å². The molecule has 0 aromatic heterocycles. The highest BCUT2D eigenvalue weighted by Gasteiger charge is 2.28. The van der Waals surface area contributed by atoms with Crippen molar-refractivity contribution in [2.45, 2.75) is 38.8 Å². The van der Waals surface area contributed by atoms with E-state index in [1.807, 2.05) is 40.9 Å². The highest BCUT2D eigenvalue weighted by molar-refractivity contribution is 6.35. The van der Waals surface area contributed by atoms with Crippen molar-refractivity contribution in [3.63, 3.8) is 0 Å². The second-order valence-corrected chi connectivity index (χ2v) is 8.99. The Balaban J connectivity index is 1.82. The first-order valence-electron chi connectivity index (χ1n) is 10.4. The van der Waals surface area contributed by atoms with Crippen molar-refractivity contribution in [1.29, 1.82) is 0 Å². The van der Waals surface area contributed by atoms with Crippen molar-refractivity contribution in [1.82, 2.24) is 10.6 Å². The largest absolute Gasteiger partial charge is 0.378 e. The third-order valence-corrected chi connectivity index (χ3v) is 5.24. The molecule has 2 N–H and O–H groups in total. The van der Waals surface area contributed by atoms with Gasteiger partial charge in [0.1, 0.15) is 0 Å². The van der Waals surface area contributed by atoms with Gasteiger partial charge in [-0.1, -0.05) is 30.3 Å². The Morgan fingerprint density at radius 2 is 1.70 bits per heavy atom.